The van der Waals surface area contributed by atoms with E-state index in [9.17, 15) is 10.2 Å². The number of aromatic hydroxyl groups is 2. The van der Waals surface area contributed by atoms with Crippen molar-refractivity contribution in [1.82, 2.24) is 0 Å². The molecule has 0 saturated heterocycles. The molecule has 5 rings (SSSR count). The van der Waals surface area contributed by atoms with Crippen LogP contribution in [0.2, 0.25) is 0 Å². The summed E-state index contributed by atoms with van der Waals surface area (Å²) in [5, 5.41) is 23.0. The standard InChI is InChI=1S/C21H18O3/c22-20-16-9-8-15(24-14-4-2-1-3-5-14)11-17(16)21(23)19-13-7-6-12(10-13)18(19)20/h1-5,8-9,11-13,22-23H,6-7,10H2. The maximum absolute atomic E-state index is 10.8. The second-order valence-corrected chi connectivity index (χ2v) is 6.85. The maximum atomic E-state index is 10.8. The van der Waals surface area contributed by atoms with Crippen LogP contribution in [-0.2, 0) is 0 Å². The number of fused-ring (bicyclic) bond motifs is 6. The highest BCUT2D eigenvalue weighted by Gasteiger charge is 2.41. The van der Waals surface area contributed by atoms with Gasteiger partial charge in [0.1, 0.15) is 23.0 Å². The van der Waals surface area contributed by atoms with Gasteiger partial charge in [-0.15, -0.1) is 0 Å². The molecular weight excluding hydrogens is 300 g/mol. The van der Waals surface area contributed by atoms with Gasteiger partial charge < -0.3 is 14.9 Å². The van der Waals surface area contributed by atoms with Gasteiger partial charge in [-0.25, -0.2) is 0 Å². The lowest BCUT2D eigenvalue weighted by Gasteiger charge is -2.20. The summed E-state index contributed by atoms with van der Waals surface area (Å²) in [5.41, 5.74) is 1.95. The van der Waals surface area contributed by atoms with Gasteiger partial charge >= 0.3 is 0 Å². The van der Waals surface area contributed by atoms with Crippen LogP contribution in [0.4, 0.5) is 0 Å². The minimum atomic E-state index is 0.323. The molecule has 3 aromatic carbocycles. The van der Waals surface area contributed by atoms with Crippen LogP contribution in [-0.4, -0.2) is 10.2 Å². The average Bonchev–Trinajstić information content (AvgIpc) is 3.22. The third-order valence-electron chi connectivity index (χ3n) is 5.53. The summed E-state index contributed by atoms with van der Waals surface area (Å²) in [4.78, 5) is 0. The number of phenols is 2. The molecule has 1 fully saturated rings. The Labute approximate surface area is 140 Å². The van der Waals surface area contributed by atoms with Gasteiger partial charge in [-0.05, 0) is 61.4 Å². The zero-order chi connectivity index (χ0) is 16.3. The van der Waals surface area contributed by atoms with Gasteiger partial charge in [-0.3, -0.25) is 0 Å². The normalized spacial score (nSPS) is 21.2. The number of hydrogen-bond acceptors (Lipinski definition) is 3. The molecular formula is C21H18O3. The second-order valence-electron chi connectivity index (χ2n) is 6.85. The van der Waals surface area contributed by atoms with Crippen LogP contribution in [0, 0.1) is 0 Å². The quantitative estimate of drug-likeness (QED) is 0.621. The van der Waals surface area contributed by atoms with Gasteiger partial charge in [0.25, 0.3) is 0 Å². The highest BCUT2D eigenvalue weighted by molar-refractivity contribution is 5.97. The Bertz CT molecular complexity index is 946. The average molecular weight is 318 g/mol. The molecule has 1 saturated carbocycles. The van der Waals surface area contributed by atoms with E-state index in [-0.39, 0.29) is 0 Å². The van der Waals surface area contributed by atoms with Crippen molar-refractivity contribution in [1.29, 1.82) is 0 Å². The van der Waals surface area contributed by atoms with Crippen molar-refractivity contribution in [2.24, 2.45) is 0 Å². The van der Waals surface area contributed by atoms with Gasteiger partial charge in [-0.2, -0.15) is 0 Å². The van der Waals surface area contributed by atoms with Crippen molar-refractivity contribution in [3.05, 3.63) is 59.7 Å². The van der Waals surface area contributed by atoms with Crippen molar-refractivity contribution in [3.63, 3.8) is 0 Å². The predicted molar refractivity (Wildman–Crippen MR) is 93.1 cm³/mol. The maximum Gasteiger partial charge on any atom is 0.128 e. The van der Waals surface area contributed by atoms with Gasteiger partial charge in [0.2, 0.25) is 0 Å². The summed E-state index contributed by atoms with van der Waals surface area (Å²) in [5.74, 6) is 2.87. The number of para-hydroxylation sites is 1. The summed E-state index contributed by atoms with van der Waals surface area (Å²) in [6.07, 6.45) is 3.28. The molecule has 3 heteroatoms. The first-order valence-electron chi connectivity index (χ1n) is 8.46. The Morgan fingerprint density at radius 3 is 2.12 bits per heavy atom. The molecule has 2 aliphatic rings. The lowest BCUT2D eigenvalue weighted by atomic mass is 9.87. The van der Waals surface area contributed by atoms with E-state index >= 15 is 0 Å². The minimum absolute atomic E-state index is 0.323. The molecule has 3 nitrogen and oxygen atoms in total. The molecule has 0 heterocycles. The number of phenolic OH excluding ortho intramolecular Hbond substituents is 2. The second kappa shape index (κ2) is 4.91. The Balaban J connectivity index is 1.67. The Kier molecular flexibility index (Phi) is 2.81. The molecule has 0 amide bonds. The molecule has 2 atom stereocenters. The summed E-state index contributed by atoms with van der Waals surface area (Å²) in [6.45, 7) is 0. The van der Waals surface area contributed by atoms with Crippen LogP contribution < -0.4 is 4.74 Å². The smallest absolute Gasteiger partial charge is 0.128 e. The predicted octanol–water partition coefficient (Wildman–Crippen LogP) is 5.41. The first-order chi connectivity index (χ1) is 11.7. The Hall–Kier alpha value is -2.68. The number of benzene rings is 3. The van der Waals surface area contributed by atoms with Crippen LogP contribution in [0.1, 0.15) is 42.2 Å². The van der Waals surface area contributed by atoms with Crippen LogP contribution in [0.25, 0.3) is 10.8 Å². The van der Waals surface area contributed by atoms with Crippen molar-refractivity contribution in [2.45, 2.75) is 31.1 Å². The molecule has 2 unspecified atom stereocenters. The Morgan fingerprint density at radius 2 is 1.42 bits per heavy atom. The van der Waals surface area contributed by atoms with Crippen LogP contribution >= 0.6 is 0 Å². The van der Waals surface area contributed by atoms with Crippen molar-refractivity contribution in [3.8, 4) is 23.0 Å². The lowest BCUT2D eigenvalue weighted by molar-refractivity contribution is 0.450. The third kappa shape index (κ3) is 1.84. The van der Waals surface area contributed by atoms with Crippen LogP contribution in [0.5, 0.6) is 23.0 Å². The molecule has 120 valence electrons. The van der Waals surface area contributed by atoms with E-state index in [0.29, 0.717) is 39.9 Å². The summed E-state index contributed by atoms with van der Waals surface area (Å²) in [7, 11) is 0. The topological polar surface area (TPSA) is 49.7 Å². The first kappa shape index (κ1) is 13.7. The zero-order valence-corrected chi connectivity index (χ0v) is 13.2. The fourth-order valence-corrected chi connectivity index (χ4v) is 4.49. The molecule has 0 spiro atoms. The van der Waals surface area contributed by atoms with Crippen LogP contribution in [0.15, 0.2) is 48.5 Å². The molecule has 0 radical (unpaired) electrons. The summed E-state index contributed by atoms with van der Waals surface area (Å²) in [6, 6.07) is 15.1. The van der Waals surface area contributed by atoms with E-state index < -0.39 is 0 Å². The van der Waals surface area contributed by atoms with Crippen molar-refractivity contribution >= 4 is 10.8 Å². The highest BCUT2D eigenvalue weighted by atomic mass is 16.5. The molecule has 2 aliphatic carbocycles. The molecule has 2 bridgehead atoms. The van der Waals surface area contributed by atoms with Gasteiger partial charge in [0, 0.05) is 21.9 Å². The van der Waals surface area contributed by atoms with E-state index in [4.69, 9.17) is 4.74 Å². The number of ether oxygens (including phenoxy) is 1. The monoisotopic (exact) mass is 318 g/mol. The molecule has 24 heavy (non-hydrogen) atoms. The fraction of sp³-hybridized carbons (Fsp3) is 0.238. The largest absolute Gasteiger partial charge is 0.507 e. The van der Waals surface area contributed by atoms with E-state index in [2.05, 4.69) is 0 Å². The van der Waals surface area contributed by atoms with Gasteiger partial charge in [0.05, 0.1) is 0 Å². The highest BCUT2D eigenvalue weighted by Crippen LogP contribution is 2.60. The van der Waals surface area contributed by atoms with Crippen molar-refractivity contribution < 1.29 is 14.9 Å². The zero-order valence-electron chi connectivity index (χ0n) is 13.2. The van der Waals surface area contributed by atoms with E-state index in [0.717, 1.165) is 36.1 Å². The fourth-order valence-electron chi connectivity index (χ4n) is 4.49. The molecule has 0 aromatic heterocycles. The number of hydrogen-bond donors (Lipinski definition) is 2. The molecule has 0 aliphatic heterocycles. The SMILES string of the molecule is Oc1c2c(c(O)c3cc(Oc4ccccc4)ccc13)C1CCC2C1. The molecule has 2 N–H and O–H groups in total. The first-order valence-corrected chi connectivity index (χ1v) is 8.46. The molecule has 3 aromatic rings. The lowest BCUT2D eigenvalue weighted by Crippen LogP contribution is -2.00. The third-order valence-corrected chi connectivity index (χ3v) is 5.53. The number of rotatable bonds is 2. The minimum Gasteiger partial charge on any atom is -0.507 e. The summed E-state index contributed by atoms with van der Waals surface area (Å²) >= 11 is 0. The van der Waals surface area contributed by atoms with Crippen LogP contribution in [0.3, 0.4) is 0 Å². The Morgan fingerprint density at radius 1 is 0.750 bits per heavy atom. The van der Waals surface area contributed by atoms with E-state index in [1.165, 1.54) is 0 Å². The van der Waals surface area contributed by atoms with Crippen molar-refractivity contribution in [2.75, 3.05) is 0 Å². The van der Waals surface area contributed by atoms with Gasteiger partial charge in [0.15, 0.2) is 0 Å². The van der Waals surface area contributed by atoms with Gasteiger partial charge in [-0.1, -0.05) is 18.2 Å². The van der Waals surface area contributed by atoms with E-state index in [1.54, 1.807) is 0 Å². The summed E-state index contributed by atoms with van der Waals surface area (Å²) < 4.78 is 5.87. The van der Waals surface area contributed by atoms with E-state index in [1.807, 2.05) is 48.5 Å².